The van der Waals surface area contributed by atoms with Gasteiger partial charge in [0.1, 0.15) is 0 Å². The Hall–Kier alpha value is -1.92. The van der Waals surface area contributed by atoms with Crippen molar-refractivity contribution in [3.05, 3.63) is 35.4 Å². The fourth-order valence-corrected chi connectivity index (χ4v) is 2.75. The van der Waals surface area contributed by atoms with Crippen molar-refractivity contribution in [2.45, 2.75) is 32.0 Å². The summed E-state index contributed by atoms with van der Waals surface area (Å²) in [5, 5.41) is 2.89. The molecule has 6 nitrogen and oxygen atoms in total. The van der Waals surface area contributed by atoms with E-state index in [-0.39, 0.29) is 18.6 Å². The largest absolute Gasteiger partial charge is 0.380 e. The minimum atomic E-state index is -0.436. The van der Waals surface area contributed by atoms with Crippen LogP contribution in [-0.2, 0) is 20.9 Å². The maximum Gasteiger partial charge on any atom is 0.234 e. The van der Waals surface area contributed by atoms with E-state index in [2.05, 4.69) is 5.32 Å². The van der Waals surface area contributed by atoms with Gasteiger partial charge in [-0.1, -0.05) is 24.3 Å². The molecular weight excluding hydrogens is 282 g/mol. The van der Waals surface area contributed by atoms with E-state index in [1.807, 2.05) is 31.2 Å². The summed E-state index contributed by atoms with van der Waals surface area (Å²) >= 11 is 0. The predicted molar refractivity (Wildman–Crippen MR) is 83.0 cm³/mol. The SMILES string of the molecule is CO[C@H]1C[C@@H](C(N)=O)N(CC(=O)NCc2ccccc2C)C1. The quantitative estimate of drug-likeness (QED) is 0.785. The molecule has 120 valence electrons. The van der Waals surface area contributed by atoms with Crippen molar-refractivity contribution in [3.8, 4) is 0 Å². The van der Waals surface area contributed by atoms with Crippen LogP contribution in [-0.4, -0.2) is 49.1 Å². The van der Waals surface area contributed by atoms with Crippen molar-refractivity contribution in [1.82, 2.24) is 10.2 Å². The molecule has 0 radical (unpaired) electrons. The van der Waals surface area contributed by atoms with Crippen LogP contribution in [0.2, 0.25) is 0 Å². The fourth-order valence-electron chi connectivity index (χ4n) is 2.75. The first-order chi connectivity index (χ1) is 10.5. The first-order valence-electron chi connectivity index (χ1n) is 7.38. The molecule has 6 heteroatoms. The average Bonchev–Trinajstić information content (AvgIpc) is 2.89. The summed E-state index contributed by atoms with van der Waals surface area (Å²) in [5.41, 5.74) is 7.62. The fraction of sp³-hybridized carbons (Fsp3) is 0.500. The lowest BCUT2D eigenvalue weighted by Crippen LogP contribution is -2.45. The van der Waals surface area contributed by atoms with Crippen molar-refractivity contribution in [2.24, 2.45) is 5.73 Å². The standard InChI is InChI=1S/C16H23N3O3/c1-11-5-3-4-6-12(11)8-18-15(20)10-19-9-13(22-2)7-14(19)16(17)21/h3-6,13-14H,7-10H2,1-2H3,(H2,17,21)(H,18,20)/t13-,14-/m0/s1. The second-order valence-corrected chi connectivity index (χ2v) is 5.64. The number of aryl methyl sites for hydroxylation is 1. The Bertz CT molecular complexity index is 547. The molecule has 0 unspecified atom stereocenters. The summed E-state index contributed by atoms with van der Waals surface area (Å²) in [5.74, 6) is -0.530. The van der Waals surface area contributed by atoms with Crippen molar-refractivity contribution in [2.75, 3.05) is 20.2 Å². The van der Waals surface area contributed by atoms with Gasteiger partial charge < -0.3 is 15.8 Å². The monoisotopic (exact) mass is 305 g/mol. The van der Waals surface area contributed by atoms with Gasteiger partial charge in [-0.3, -0.25) is 14.5 Å². The topological polar surface area (TPSA) is 84.7 Å². The van der Waals surface area contributed by atoms with E-state index in [0.717, 1.165) is 11.1 Å². The molecule has 0 saturated carbocycles. The minimum absolute atomic E-state index is 0.0540. The summed E-state index contributed by atoms with van der Waals surface area (Å²) in [7, 11) is 1.60. The molecule has 2 rings (SSSR count). The maximum atomic E-state index is 12.1. The number of benzene rings is 1. The predicted octanol–water partition coefficient (Wildman–Crippen LogP) is 0.186. The van der Waals surface area contributed by atoms with Gasteiger partial charge in [0, 0.05) is 20.2 Å². The molecule has 1 aromatic rings. The van der Waals surface area contributed by atoms with E-state index in [1.54, 1.807) is 12.0 Å². The summed E-state index contributed by atoms with van der Waals surface area (Å²) in [6.45, 7) is 3.18. The summed E-state index contributed by atoms with van der Waals surface area (Å²) in [4.78, 5) is 25.4. The first kappa shape index (κ1) is 16.5. The maximum absolute atomic E-state index is 12.1. The first-order valence-corrected chi connectivity index (χ1v) is 7.38. The smallest absolute Gasteiger partial charge is 0.234 e. The van der Waals surface area contributed by atoms with Gasteiger partial charge in [0.15, 0.2) is 0 Å². The molecule has 1 heterocycles. The second-order valence-electron chi connectivity index (χ2n) is 5.64. The number of primary amides is 1. The number of likely N-dealkylation sites (tertiary alicyclic amines) is 1. The lowest BCUT2D eigenvalue weighted by molar-refractivity contribution is -0.125. The highest BCUT2D eigenvalue weighted by atomic mass is 16.5. The van der Waals surface area contributed by atoms with Crippen LogP contribution in [0.3, 0.4) is 0 Å². The lowest BCUT2D eigenvalue weighted by atomic mass is 10.1. The van der Waals surface area contributed by atoms with Crippen LogP contribution >= 0.6 is 0 Å². The molecular formula is C16H23N3O3. The molecule has 1 aliphatic rings. The Morgan fingerprint density at radius 2 is 2.14 bits per heavy atom. The van der Waals surface area contributed by atoms with Crippen LogP contribution in [0.15, 0.2) is 24.3 Å². The number of nitrogens with one attached hydrogen (secondary N) is 1. The lowest BCUT2D eigenvalue weighted by Gasteiger charge is -2.20. The third-order valence-corrected chi connectivity index (χ3v) is 4.11. The second kappa shape index (κ2) is 7.38. The number of rotatable bonds is 6. The highest BCUT2D eigenvalue weighted by Gasteiger charge is 2.36. The summed E-state index contributed by atoms with van der Waals surface area (Å²) in [6.07, 6.45) is 0.485. The number of hydrogen-bond acceptors (Lipinski definition) is 4. The van der Waals surface area contributed by atoms with E-state index >= 15 is 0 Å². The Morgan fingerprint density at radius 3 is 2.77 bits per heavy atom. The Labute approximate surface area is 130 Å². The third kappa shape index (κ3) is 4.05. The number of carbonyl (C=O) groups excluding carboxylic acids is 2. The summed E-state index contributed by atoms with van der Waals surface area (Å²) < 4.78 is 5.27. The number of nitrogens with two attached hydrogens (primary N) is 1. The van der Waals surface area contributed by atoms with E-state index in [9.17, 15) is 9.59 Å². The molecule has 2 atom stereocenters. The van der Waals surface area contributed by atoms with Crippen molar-refractivity contribution < 1.29 is 14.3 Å². The van der Waals surface area contributed by atoms with Gasteiger partial charge in [0.2, 0.25) is 11.8 Å². The highest BCUT2D eigenvalue weighted by Crippen LogP contribution is 2.19. The molecule has 0 spiro atoms. The highest BCUT2D eigenvalue weighted by molar-refractivity contribution is 5.82. The van der Waals surface area contributed by atoms with Gasteiger partial charge in [-0.05, 0) is 24.5 Å². The Balaban J connectivity index is 1.88. The Kier molecular flexibility index (Phi) is 5.51. The van der Waals surface area contributed by atoms with Gasteiger partial charge >= 0.3 is 0 Å². The molecule has 1 fully saturated rings. The molecule has 22 heavy (non-hydrogen) atoms. The molecule has 3 N–H and O–H groups in total. The molecule has 0 aliphatic carbocycles. The van der Waals surface area contributed by atoms with Gasteiger partial charge in [0.05, 0.1) is 18.7 Å². The number of carbonyl (C=O) groups is 2. The number of ether oxygens (including phenoxy) is 1. The van der Waals surface area contributed by atoms with Crippen LogP contribution in [0.25, 0.3) is 0 Å². The normalized spacial score (nSPS) is 21.7. The third-order valence-electron chi connectivity index (χ3n) is 4.11. The zero-order chi connectivity index (χ0) is 16.1. The van der Waals surface area contributed by atoms with Crippen LogP contribution < -0.4 is 11.1 Å². The number of methoxy groups -OCH3 is 1. The molecule has 0 aromatic heterocycles. The van der Waals surface area contributed by atoms with Crippen molar-refractivity contribution in [1.29, 1.82) is 0 Å². The molecule has 1 aliphatic heterocycles. The molecule has 0 bridgehead atoms. The van der Waals surface area contributed by atoms with Crippen LogP contribution in [0.1, 0.15) is 17.5 Å². The molecule has 2 amide bonds. The van der Waals surface area contributed by atoms with E-state index in [1.165, 1.54) is 0 Å². The number of hydrogen-bond donors (Lipinski definition) is 2. The number of amides is 2. The average molecular weight is 305 g/mol. The minimum Gasteiger partial charge on any atom is -0.380 e. The zero-order valence-electron chi connectivity index (χ0n) is 13.0. The number of nitrogens with zero attached hydrogens (tertiary/aromatic N) is 1. The van der Waals surface area contributed by atoms with E-state index in [4.69, 9.17) is 10.5 Å². The van der Waals surface area contributed by atoms with Gasteiger partial charge in [-0.25, -0.2) is 0 Å². The van der Waals surface area contributed by atoms with Crippen LogP contribution in [0.5, 0.6) is 0 Å². The van der Waals surface area contributed by atoms with Gasteiger partial charge in [-0.2, -0.15) is 0 Å². The van der Waals surface area contributed by atoms with Crippen molar-refractivity contribution in [3.63, 3.8) is 0 Å². The van der Waals surface area contributed by atoms with Crippen LogP contribution in [0.4, 0.5) is 0 Å². The van der Waals surface area contributed by atoms with Gasteiger partial charge in [-0.15, -0.1) is 0 Å². The van der Waals surface area contributed by atoms with Gasteiger partial charge in [0.25, 0.3) is 0 Å². The van der Waals surface area contributed by atoms with E-state index in [0.29, 0.717) is 19.5 Å². The Morgan fingerprint density at radius 1 is 1.41 bits per heavy atom. The van der Waals surface area contributed by atoms with E-state index < -0.39 is 11.9 Å². The van der Waals surface area contributed by atoms with Crippen molar-refractivity contribution >= 4 is 11.8 Å². The molecule has 1 aromatic carbocycles. The summed E-state index contributed by atoms with van der Waals surface area (Å²) in [6, 6.07) is 7.47. The molecule has 1 saturated heterocycles. The zero-order valence-corrected chi connectivity index (χ0v) is 13.0. The van der Waals surface area contributed by atoms with Crippen LogP contribution in [0, 0.1) is 6.92 Å².